The van der Waals surface area contributed by atoms with Crippen LogP contribution < -0.4 is 10.6 Å². The van der Waals surface area contributed by atoms with Crippen molar-refractivity contribution in [3.05, 3.63) is 29.3 Å². The molecule has 1 amide bonds. The predicted molar refractivity (Wildman–Crippen MR) is 102 cm³/mol. The van der Waals surface area contributed by atoms with Crippen molar-refractivity contribution in [3.63, 3.8) is 0 Å². The second kappa shape index (κ2) is 10.7. The summed E-state index contributed by atoms with van der Waals surface area (Å²) in [4.78, 5) is 14.4. The van der Waals surface area contributed by atoms with Crippen molar-refractivity contribution in [2.24, 2.45) is 5.92 Å². The number of piperidine rings is 1. The largest absolute Gasteiger partial charge is 0.376 e. The van der Waals surface area contributed by atoms with Gasteiger partial charge in [0.25, 0.3) is 0 Å². The summed E-state index contributed by atoms with van der Waals surface area (Å²) in [6.07, 6.45) is 2.33. The quantitative estimate of drug-likeness (QED) is 0.846. The number of nitrogens with one attached hydrogen (secondary N) is 2. The average molecular weight is 362 g/mol. The summed E-state index contributed by atoms with van der Waals surface area (Å²) in [7, 11) is 1.98. The highest BCUT2D eigenvalue weighted by Gasteiger charge is 2.22. The first-order valence-electron chi connectivity index (χ1n) is 7.84. The number of para-hydroxylation sites is 1. The zero-order valence-electron chi connectivity index (χ0n) is 14.2. The second-order valence-corrected chi connectivity index (χ2v) is 6.03. The maximum Gasteiger partial charge on any atom is 0.241 e. The molecule has 132 valence electrons. The van der Waals surface area contributed by atoms with Gasteiger partial charge in [-0.05, 0) is 57.3 Å². The van der Waals surface area contributed by atoms with E-state index in [0.29, 0.717) is 12.5 Å². The minimum Gasteiger partial charge on any atom is -0.376 e. The SMILES string of the molecule is CNCC1CCCN(C(=O)CNc2c(C)cccc2C)C1.Cl.Cl. The van der Waals surface area contributed by atoms with E-state index in [9.17, 15) is 4.79 Å². The Labute approximate surface area is 152 Å². The zero-order valence-corrected chi connectivity index (χ0v) is 15.9. The number of rotatable bonds is 5. The zero-order chi connectivity index (χ0) is 15.2. The topological polar surface area (TPSA) is 44.4 Å². The Morgan fingerprint density at radius 3 is 2.52 bits per heavy atom. The molecule has 4 nitrogen and oxygen atoms in total. The number of carbonyl (C=O) groups is 1. The number of carbonyl (C=O) groups excluding carboxylic acids is 1. The first-order chi connectivity index (χ1) is 10.1. The Morgan fingerprint density at radius 1 is 1.26 bits per heavy atom. The molecule has 1 saturated heterocycles. The monoisotopic (exact) mass is 361 g/mol. The number of nitrogens with zero attached hydrogens (tertiary/aromatic N) is 1. The van der Waals surface area contributed by atoms with Crippen molar-refractivity contribution >= 4 is 36.4 Å². The molecule has 1 aliphatic rings. The van der Waals surface area contributed by atoms with Crippen LogP contribution in [0.1, 0.15) is 24.0 Å². The molecule has 1 unspecified atom stereocenters. The molecular formula is C17H29Cl2N3O. The number of aryl methyl sites for hydroxylation is 2. The van der Waals surface area contributed by atoms with E-state index in [1.165, 1.54) is 17.5 Å². The Bertz CT molecular complexity index is 474. The number of anilines is 1. The van der Waals surface area contributed by atoms with Crippen molar-refractivity contribution in [2.75, 3.05) is 38.5 Å². The molecule has 1 aliphatic heterocycles. The summed E-state index contributed by atoms with van der Waals surface area (Å²) in [5.41, 5.74) is 3.47. The van der Waals surface area contributed by atoms with Gasteiger partial charge in [0.05, 0.1) is 6.54 Å². The van der Waals surface area contributed by atoms with Crippen molar-refractivity contribution < 1.29 is 4.79 Å². The highest BCUT2D eigenvalue weighted by Crippen LogP contribution is 2.20. The maximum atomic E-state index is 12.4. The Balaban J connectivity index is 0.00000242. The van der Waals surface area contributed by atoms with Crippen LogP contribution in [-0.2, 0) is 4.79 Å². The van der Waals surface area contributed by atoms with Crippen LogP contribution in [0.2, 0.25) is 0 Å². The molecule has 1 aromatic carbocycles. The molecule has 0 aliphatic carbocycles. The minimum atomic E-state index is 0. The van der Waals surface area contributed by atoms with Crippen LogP contribution in [0.15, 0.2) is 18.2 Å². The van der Waals surface area contributed by atoms with E-state index in [2.05, 4.69) is 36.6 Å². The summed E-state index contributed by atoms with van der Waals surface area (Å²) in [6, 6.07) is 6.19. The molecule has 1 fully saturated rings. The van der Waals surface area contributed by atoms with Crippen molar-refractivity contribution in [1.82, 2.24) is 10.2 Å². The van der Waals surface area contributed by atoms with E-state index in [1.54, 1.807) is 0 Å². The van der Waals surface area contributed by atoms with Crippen LogP contribution in [-0.4, -0.2) is 44.0 Å². The van der Waals surface area contributed by atoms with Crippen LogP contribution >= 0.6 is 24.8 Å². The molecular weight excluding hydrogens is 333 g/mol. The number of hydrogen-bond acceptors (Lipinski definition) is 3. The number of halogens is 2. The van der Waals surface area contributed by atoms with Crippen molar-refractivity contribution in [1.29, 1.82) is 0 Å². The summed E-state index contributed by atoms with van der Waals surface area (Å²) < 4.78 is 0. The number of amides is 1. The van der Waals surface area contributed by atoms with Gasteiger partial charge in [0.15, 0.2) is 0 Å². The van der Waals surface area contributed by atoms with Gasteiger partial charge < -0.3 is 15.5 Å². The smallest absolute Gasteiger partial charge is 0.241 e. The van der Waals surface area contributed by atoms with Gasteiger partial charge in [0.1, 0.15) is 0 Å². The Morgan fingerprint density at radius 2 is 1.91 bits per heavy atom. The van der Waals surface area contributed by atoms with E-state index in [1.807, 2.05) is 18.0 Å². The fraction of sp³-hybridized carbons (Fsp3) is 0.588. The molecule has 0 radical (unpaired) electrons. The lowest BCUT2D eigenvalue weighted by Crippen LogP contribution is -2.44. The predicted octanol–water partition coefficient (Wildman–Crippen LogP) is 3.02. The average Bonchev–Trinajstić information content (AvgIpc) is 2.47. The lowest BCUT2D eigenvalue weighted by molar-refractivity contribution is -0.131. The molecule has 0 bridgehead atoms. The van der Waals surface area contributed by atoms with Gasteiger partial charge in [-0.1, -0.05) is 18.2 Å². The lowest BCUT2D eigenvalue weighted by Gasteiger charge is -2.33. The van der Waals surface area contributed by atoms with Gasteiger partial charge in [0, 0.05) is 18.8 Å². The third kappa shape index (κ3) is 6.21. The lowest BCUT2D eigenvalue weighted by atomic mass is 9.98. The van der Waals surface area contributed by atoms with Gasteiger partial charge in [-0.2, -0.15) is 0 Å². The molecule has 2 rings (SSSR count). The van der Waals surface area contributed by atoms with E-state index < -0.39 is 0 Å². The summed E-state index contributed by atoms with van der Waals surface area (Å²) in [5.74, 6) is 0.798. The van der Waals surface area contributed by atoms with E-state index in [0.717, 1.165) is 31.7 Å². The fourth-order valence-electron chi connectivity index (χ4n) is 3.12. The van der Waals surface area contributed by atoms with Crippen molar-refractivity contribution in [3.8, 4) is 0 Å². The number of benzene rings is 1. The summed E-state index contributed by atoms with van der Waals surface area (Å²) in [6.45, 7) is 7.31. The van der Waals surface area contributed by atoms with Crippen LogP contribution in [0.5, 0.6) is 0 Å². The third-order valence-electron chi connectivity index (χ3n) is 4.26. The van der Waals surface area contributed by atoms with E-state index in [4.69, 9.17) is 0 Å². The highest BCUT2D eigenvalue weighted by molar-refractivity contribution is 5.85. The molecule has 0 aromatic heterocycles. The van der Waals surface area contributed by atoms with Gasteiger partial charge >= 0.3 is 0 Å². The van der Waals surface area contributed by atoms with Gasteiger partial charge in [-0.3, -0.25) is 4.79 Å². The Hall–Kier alpha value is -0.970. The Kier molecular flexibility index (Phi) is 10.3. The summed E-state index contributed by atoms with van der Waals surface area (Å²) >= 11 is 0. The molecule has 2 N–H and O–H groups in total. The van der Waals surface area contributed by atoms with Crippen LogP contribution in [0, 0.1) is 19.8 Å². The fourth-order valence-corrected chi connectivity index (χ4v) is 3.12. The minimum absolute atomic E-state index is 0. The molecule has 1 heterocycles. The van der Waals surface area contributed by atoms with Crippen LogP contribution in [0.3, 0.4) is 0 Å². The molecule has 6 heteroatoms. The molecule has 1 aromatic rings. The molecule has 0 saturated carbocycles. The molecule has 0 spiro atoms. The number of hydrogen-bond donors (Lipinski definition) is 2. The second-order valence-electron chi connectivity index (χ2n) is 6.03. The van der Waals surface area contributed by atoms with Crippen molar-refractivity contribution in [2.45, 2.75) is 26.7 Å². The molecule has 23 heavy (non-hydrogen) atoms. The standard InChI is InChI=1S/C17H27N3O.2ClH/c1-13-6-4-7-14(2)17(13)19-11-16(21)20-9-5-8-15(12-20)10-18-3;;/h4,6-7,15,18-19H,5,8-12H2,1-3H3;2*1H. The van der Waals surface area contributed by atoms with Gasteiger partial charge in [-0.15, -0.1) is 24.8 Å². The van der Waals surface area contributed by atoms with Gasteiger partial charge in [0.2, 0.25) is 5.91 Å². The maximum absolute atomic E-state index is 12.4. The summed E-state index contributed by atoms with van der Waals surface area (Å²) in [5, 5.41) is 6.53. The van der Waals surface area contributed by atoms with E-state index in [-0.39, 0.29) is 30.7 Å². The third-order valence-corrected chi connectivity index (χ3v) is 4.26. The first kappa shape index (κ1) is 22.0. The molecule has 1 atom stereocenters. The first-order valence-corrected chi connectivity index (χ1v) is 7.84. The highest BCUT2D eigenvalue weighted by atomic mass is 35.5. The van der Waals surface area contributed by atoms with Gasteiger partial charge in [-0.25, -0.2) is 0 Å². The number of likely N-dealkylation sites (tertiary alicyclic amines) is 1. The van der Waals surface area contributed by atoms with Crippen LogP contribution in [0.4, 0.5) is 5.69 Å². The van der Waals surface area contributed by atoms with Crippen LogP contribution in [0.25, 0.3) is 0 Å². The normalized spacial score (nSPS) is 17.0. The van der Waals surface area contributed by atoms with E-state index >= 15 is 0 Å².